The predicted octanol–water partition coefficient (Wildman–Crippen LogP) is 3.50. The van der Waals surface area contributed by atoms with Crippen LogP contribution in [0.25, 0.3) is 0 Å². The first-order valence-corrected chi connectivity index (χ1v) is 7.57. The van der Waals surface area contributed by atoms with Crippen LogP contribution in [0.5, 0.6) is 11.5 Å². The molecule has 110 valence electrons. The summed E-state index contributed by atoms with van der Waals surface area (Å²) >= 11 is 0. The van der Waals surface area contributed by atoms with Gasteiger partial charge in [0.1, 0.15) is 0 Å². The van der Waals surface area contributed by atoms with Crippen molar-refractivity contribution >= 4 is 0 Å². The molecular formula is C16H22O4. The molecular weight excluding hydrogens is 256 g/mol. The zero-order valence-corrected chi connectivity index (χ0v) is 11.8. The summed E-state index contributed by atoms with van der Waals surface area (Å²) in [6.45, 7) is 1.55. The van der Waals surface area contributed by atoms with Gasteiger partial charge >= 0.3 is 0 Å². The average Bonchev–Trinajstić information content (AvgIpc) is 2.51. The van der Waals surface area contributed by atoms with E-state index in [1.807, 2.05) is 24.3 Å². The Kier molecular flexibility index (Phi) is 4.77. The minimum absolute atomic E-state index is 0.152. The quantitative estimate of drug-likeness (QED) is 0.844. The lowest BCUT2D eigenvalue weighted by Gasteiger charge is -2.27. The number of rotatable bonds is 4. The molecule has 2 aliphatic heterocycles. The number of hydrogen-bond acceptors (Lipinski definition) is 4. The van der Waals surface area contributed by atoms with Crippen molar-refractivity contribution in [1.29, 1.82) is 0 Å². The zero-order chi connectivity index (χ0) is 13.6. The molecule has 0 bridgehead atoms. The van der Waals surface area contributed by atoms with Crippen molar-refractivity contribution in [3.05, 3.63) is 24.3 Å². The molecule has 0 amide bonds. The maximum atomic E-state index is 5.93. The van der Waals surface area contributed by atoms with E-state index < -0.39 is 0 Å². The van der Waals surface area contributed by atoms with E-state index in [4.69, 9.17) is 18.9 Å². The highest BCUT2D eigenvalue weighted by molar-refractivity contribution is 5.39. The van der Waals surface area contributed by atoms with E-state index in [0.717, 1.165) is 63.2 Å². The molecule has 3 rings (SSSR count). The smallest absolute Gasteiger partial charge is 0.200 e. The molecule has 2 heterocycles. The van der Waals surface area contributed by atoms with Crippen LogP contribution in [0, 0.1) is 0 Å². The summed E-state index contributed by atoms with van der Waals surface area (Å²) in [5.41, 5.74) is 0. The molecule has 4 heteroatoms. The Morgan fingerprint density at radius 3 is 1.65 bits per heavy atom. The monoisotopic (exact) mass is 278 g/mol. The molecule has 0 radical (unpaired) electrons. The third-order valence-electron chi connectivity index (χ3n) is 3.64. The fourth-order valence-electron chi connectivity index (χ4n) is 2.54. The molecule has 2 fully saturated rings. The van der Waals surface area contributed by atoms with Gasteiger partial charge in [-0.3, -0.25) is 0 Å². The van der Waals surface area contributed by atoms with Crippen molar-refractivity contribution in [2.24, 2.45) is 0 Å². The summed E-state index contributed by atoms with van der Waals surface area (Å²) in [6, 6.07) is 7.76. The highest BCUT2D eigenvalue weighted by Gasteiger charge is 2.20. The van der Waals surface area contributed by atoms with Crippen LogP contribution in [0.2, 0.25) is 0 Å². The minimum Gasteiger partial charge on any atom is -0.461 e. The minimum atomic E-state index is -0.152. The fourth-order valence-corrected chi connectivity index (χ4v) is 2.54. The Morgan fingerprint density at radius 2 is 1.25 bits per heavy atom. The van der Waals surface area contributed by atoms with Gasteiger partial charge in [0.15, 0.2) is 24.1 Å². The SMILES string of the molecule is c1ccc(O[C@@H]2CCCCO2)c(O[C@@H]2CCCCO2)c1. The van der Waals surface area contributed by atoms with E-state index in [1.165, 1.54) is 0 Å². The van der Waals surface area contributed by atoms with Crippen LogP contribution in [-0.4, -0.2) is 25.8 Å². The van der Waals surface area contributed by atoms with Crippen molar-refractivity contribution in [2.45, 2.75) is 51.1 Å². The molecule has 20 heavy (non-hydrogen) atoms. The molecule has 2 aliphatic rings. The summed E-state index contributed by atoms with van der Waals surface area (Å²) in [5, 5.41) is 0. The van der Waals surface area contributed by atoms with Gasteiger partial charge in [0.05, 0.1) is 13.2 Å². The van der Waals surface area contributed by atoms with Gasteiger partial charge in [-0.25, -0.2) is 0 Å². The van der Waals surface area contributed by atoms with Crippen molar-refractivity contribution in [1.82, 2.24) is 0 Å². The van der Waals surface area contributed by atoms with Gasteiger partial charge in [-0.2, -0.15) is 0 Å². The van der Waals surface area contributed by atoms with Crippen LogP contribution in [0.4, 0.5) is 0 Å². The predicted molar refractivity (Wildman–Crippen MR) is 74.9 cm³/mol. The molecule has 0 unspecified atom stereocenters. The molecule has 4 nitrogen and oxygen atoms in total. The average molecular weight is 278 g/mol. The Bertz CT molecular complexity index is 370. The Balaban J connectivity index is 1.63. The lowest BCUT2D eigenvalue weighted by molar-refractivity contribution is -0.119. The highest BCUT2D eigenvalue weighted by atomic mass is 16.7. The molecule has 0 spiro atoms. The van der Waals surface area contributed by atoms with E-state index in [0.29, 0.717) is 0 Å². The Morgan fingerprint density at radius 1 is 0.750 bits per heavy atom. The second-order valence-electron chi connectivity index (χ2n) is 5.27. The maximum absolute atomic E-state index is 5.93. The molecule has 0 saturated carbocycles. The number of para-hydroxylation sites is 2. The van der Waals surface area contributed by atoms with E-state index in [-0.39, 0.29) is 12.6 Å². The summed E-state index contributed by atoms with van der Waals surface area (Å²) in [7, 11) is 0. The van der Waals surface area contributed by atoms with Crippen LogP contribution >= 0.6 is 0 Å². The van der Waals surface area contributed by atoms with E-state index >= 15 is 0 Å². The van der Waals surface area contributed by atoms with Crippen LogP contribution < -0.4 is 9.47 Å². The fraction of sp³-hybridized carbons (Fsp3) is 0.625. The number of hydrogen-bond donors (Lipinski definition) is 0. The van der Waals surface area contributed by atoms with Gasteiger partial charge in [-0.05, 0) is 37.8 Å². The normalized spacial score (nSPS) is 27.0. The molecule has 1 aromatic carbocycles. The third-order valence-corrected chi connectivity index (χ3v) is 3.64. The molecule has 0 aromatic heterocycles. The van der Waals surface area contributed by atoms with E-state index in [1.54, 1.807) is 0 Å². The summed E-state index contributed by atoms with van der Waals surface area (Å²) in [5.74, 6) is 1.49. The second kappa shape index (κ2) is 6.95. The second-order valence-corrected chi connectivity index (χ2v) is 5.27. The van der Waals surface area contributed by atoms with Crippen LogP contribution in [-0.2, 0) is 9.47 Å². The van der Waals surface area contributed by atoms with Gasteiger partial charge in [0.25, 0.3) is 0 Å². The molecule has 2 atom stereocenters. The third kappa shape index (κ3) is 3.64. The highest BCUT2D eigenvalue weighted by Crippen LogP contribution is 2.31. The van der Waals surface area contributed by atoms with Crippen molar-refractivity contribution in [3.8, 4) is 11.5 Å². The van der Waals surface area contributed by atoms with Gasteiger partial charge in [-0.1, -0.05) is 12.1 Å². The molecule has 0 aliphatic carbocycles. The van der Waals surface area contributed by atoms with Crippen LogP contribution in [0.3, 0.4) is 0 Å². The van der Waals surface area contributed by atoms with Gasteiger partial charge < -0.3 is 18.9 Å². The van der Waals surface area contributed by atoms with Crippen LogP contribution in [0.15, 0.2) is 24.3 Å². The zero-order valence-electron chi connectivity index (χ0n) is 11.8. The standard InChI is InChI=1S/C16H22O4/c1-2-8-14(20-16-10-4-6-12-18-16)13(7-1)19-15-9-3-5-11-17-15/h1-2,7-8,15-16H,3-6,9-12H2/t15-,16-/m1/s1. The Hall–Kier alpha value is -1.26. The van der Waals surface area contributed by atoms with Crippen LogP contribution in [0.1, 0.15) is 38.5 Å². The van der Waals surface area contributed by atoms with Crippen molar-refractivity contribution < 1.29 is 18.9 Å². The van der Waals surface area contributed by atoms with Gasteiger partial charge in [0.2, 0.25) is 0 Å². The van der Waals surface area contributed by atoms with E-state index in [2.05, 4.69) is 0 Å². The van der Waals surface area contributed by atoms with E-state index in [9.17, 15) is 0 Å². The maximum Gasteiger partial charge on any atom is 0.200 e. The molecule has 2 saturated heterocycles. The van der Waals surface area contributed by atoms with Crippen molar-refractivity contribution in [2.75, 3.05) is 13.2 Å². The summed E-state index contributed by atoms with van der Waals surface area (Å²) < 4.78 is 23.1. The molecule has 1 aromatic rings. The first kappa shape index (κ1) is 13.7. The topological polar surface area (TPSA) is 36.9 Å². The van der Waals surface area contributed by atoms with Gasteiger partial charge in [0, 0.05) is 12.8 Å². The number of ether oxygens (including phenoxy) is 4. The number of benzene rings is 1. The lowest BCUT2D eigenvalue weighted by Crippen LogP contribution is -2.27. The summed E-state index contributed by atoms with van der Waals surface area (Å²) in [4.78, 5) is 0. The molecule has 0 N–H and O–H groups in total. The summed E-state index contributed by atoms with van der Waals surface area (Å²) in [6.07, 6.45) is 6.12. The first-order chi connectivity index (χ1) is 9.92. The lowest BCUT2D eigenvalue weighted by atomic mass is 10.2. The first-order valence-electron chi connectivity index (χ1n) is 7.57. The van der Waals surface area contributed by atoms with Crippen molar-refractivity contribution in [3.63, 3.8) is 0 Å². The Labute approximate surface area is 120 Å². The van der Waals surface area contributed by atoms with Gasteiger partial charge in [-0.15, -0.1) is 0 Å². The largest absolute Gasteiger partial charge is 0.461 e.